The summed E-state index contributed by atoms with van der Waals surface area (Å²) in [6, 6.07) is 8.44. The van der Waals surface area contributed by atoms with Gasteiger partial charge in [0.2, 0.25) is 5.91 Å². The molecule has 1 aliphatic heterocycles. The minimum absolute atomic E-state index is 0.00580. The van der Waals surface area contributed by atoms with Crippen LogP contribution in [0.1, 0.15) is 18.0 Å². The molecule has 0 saturated carbocycles. The topological polar surface area (TPSA) is 69.7 Å². The second kappa shape index (κ2) is 9.71. The molecule has 2 rings (SSSR count). The van der Waals surface area contributed by atoms with E-state index in [1.807, 2.05) is 35.2 Å². The number of hydrogen-bond acceptors (Lipinski definition) is 5. The Kier molecular flexibility index (Phi) is 7.85. The third-order valence-corrected chi connectivity index (χ3v) is 6.18. The molecule has 1 unspecified atom stereocenters. The molecular weight excluding hydrogens is 395 g/mol. The molecule has 0 radical (unpaired) electrons. The van der Waals surface area contributed by atoms with E-state index in [4.69, 9.17) is 0 Å². The Bertz CT molecular complexity index is 727. The fourth-order valence-electron chi connectivity index (χ4n) is 3.19. The minimum atomic E-state index is -4.25. The summed E-state index contributed by atoms with van der Waals surface area (Å²) in [5.74, 6) is -0.262. The van der Waals surface area contributed by atoms with Crippen LogP contribution in [0.15, 0.2) is 30.3 Å². The van der Waals surface area contributed by atoms with Gasteiger partial charge in [-0.15, -0.1) is 0 Å². The summed E-state index contributed by atoms with van der Waals surface area (Å²) < 4.78 is 60.4. The van der Waals surface area contributed by atoms with Crippen LogP contribution in [0.5, 0.6) is 0 Å². The number of hydrogen-bond donors (Lipinski definition) is 1. The summed E-state index contributed by atoms with van der Waals surface area (Å²) in [5, 5.41) is 2.78. The summed E-state index contributed by atoms with van der Waals surface area (Å²) in [6.07, 6.45) is -3.86. The van der Waals surface area contributed by atoms with Gasteiger partial charge in [0, 0.05) is 19.6 Å². The highest BCUT2D eigenvalue weighted by atomic mass is 32.2. The van der Waals surface area contributed by atoms with Gasteiger partial charge in [-0.3, -0.25) is 14.6 Å². The molecule has 10 heteroatoms. The highest BCUT2D eigenvalue weighted by Crippen LogP contribution is 2.23. The highest BCUT2D eigenvalue weighted by molar-refractivity contribution is 7.91. The molecule has 1 heterocycles. The summed E-state index contributed by atoms with van der Waals surface area (Å²) in [5.41, 5.74) is 0.758. The number of halogens is 3. The number of benzene rings is 1. The molecule has 158 valence electrons. The van der Waals surface area contributed by atoms with E-state index < -0.39 is 28.6 Å². The first kappa shape index (κ1) is 22.6. The van der Waals surface area contributed by atoms with Crippen molar-refractivity contribution in [3.05, 3.63) is 35.9 Å². The van der Waals surface area contributed by atoms with Gasteiger partial charge in [-0.25, -0.2) is 8.42 Å². The number of alkyl halides is 3. The number of sulfone groups is 1. The lowest BCUT2D eigenvalue weighted by Crippen LogP contribution is -2.47. The Hall–Kier alpha value is -1.65. The molecule has 6 nitrogen and oxygen atoms in total. The molecule has 0 spiro atoms. The normalized spacial score (nSPS) is 18.8. The van der Waals surface area contributed by atoms with Gasteiger partial charge in [0.25, 0.3) is 0 Å². The van der Waals surface area contributed by atoms with E-state index in [1.54, 1.807) is 0 Å². The van der Waals surface area contributed by atoms with E-state index in [0.29, 0.717) is 6.42 Å². The largest absolute Gasteiger partial charge is 0.401 e. The third-order valence-electron chi connectivity index (χ3n) is 4.57. The van der Waals surface area contributed by atoms with Crippen molar-refractivity contribution in [3.8, 4) is 0 Å². The molecule has 1 atom stereocenters. The standard InChI is InChI=1S/C18H26F3N3O3S/c1-23(14-18(19,20)21)9-5-8-22-17(25)16(15-6-3-2-4-7-15)24-10-12-28(26,27)13-11-24/h2-4,6-7,16H,5,8-14H2,1H3,(H,22,25). The van der Waals surface area contributed by atoms with Crippen LogP contribution in [-0.2, 0) is 14.6 Å². The van der Waals surface area contributed by atoms with Crippen molar-refractivity contribution in [1.82, 2.24) is 15.1 Å². The van der Waals surface area contributed by atoms with Gasteiger partial charge < -0.3 is 5.32 Å². The smallest absolute Gasteiger partial charge is 0.354 e. The Morgan fingerprint density at radius 1 is 1.21 bits per heavy atom. The summed E-state index contributed by atoms with van der Waals surface area (Å²) in [6.45, 7) is -0.00262. The first-order valence-electron chi connectivity index (χ1n) is 9.10. The molecule has 28 heavy (non-hydrogen) atoms. The minimum Gasteiger partial charge on any atom is -0.354 e. The average molecular weight is 421 g/mol. The van der Waals surface area contributed by atoms with Crippen molar-refractivity contribution < 1.29 is 26.4 Å². The van der Waals surface area contributed by atoms with Gasteiger partial charge in [0.1, 0.15) is 6.04 Å². The van der Waals surface area contributed by atoms with Gasteiger partial charge in [-0.05, 0) is 25.6 Å². The first-order valence-corrected chi connectivity index (χ1v) is 10.9. The maximum absolute atomic E-state index is 12.8. The van der Waals surface area contributed by atoms with Crippen LogP contribution < -0.4 is 5.32 Å². The van der Waals surface area contributed by atoms with E-state index in [1.165, 1.54) is 7.05 Å². The monoisotopic (exact) mass is 421 g/mol. The Labute approximate surface area is 163 Å². The maximum Gasteiger partial charge on any atom is 0.401 e. The highest BCUT2D eigenvalue weighted by Gasteiger charge is 2.32. The fourth-order valence-corrected chi connectivity index (χ4v) is 4.42. The zero-order valence-electron chi connectivity index (χ0n) is 15.8. The van der Waals surface area contributed by atoms with Gasteiger partial charge in [-0.1, -0.05) is 30.3 Å². The van der Waals surface area contributed by atoms with Crippen LogP contribution in [-0.4, -0.2) is 81.6 Å². The van der Waals surface area contributed by atoms with Crippen LogP contribution in [0.4, 0.5) is 13.2 Å². The second-order valence-corrected chi connectivity index (χ2v) is 9.30. The van der Waals surface area contributed by atoms with Crippen LogP contribution in [0, 0.1) is 0 Å². The number of carbonyl (C=O) groups is 1. The van der Waals surface area contributed by atoms with Crippen LogP contribution >= 0.6 is 0 Å². The molecule has 1 fully saturated rings. The summed E-state index contributed by atoms with van der Waals surface area (Å²) in [7, 11) is -1.69. The van der Waals surface area contributed by atoms with Gasteiger partial charge in [-0.2, -0.15) is 13.2 Å². The zero-order chi connectivity index (χ0) is 20.8. The Balaban J connectivity index is 1.93. The number of nitrogens with one attached hydrogen (secondary N) is 1. The van der Waals surface area contributed by atoms with E-state index in [-0.39, 0.29) is 43.6 Å². The summed E-state index contributed by atoms with van der Waals surface area (Å²) >= 11 is 0. The van der Waals surface area contributed by atoms with Gasteiger partial charge in [0.15, 0.2) is 9.84 Å². The van der Waals surface area contributed by atoms with Crippen molar-refractivity contribution in [3.63, 3.8) is 0 Å². The van der Waals surface area contributed by atoms with Gasteiger partial charge >= 0.3 is 6.18 Å². The lowest BCUT2D eigenvalue weighted by Gasteiger charge is -2.33. The van der Waals surface area contributed by atoms with Crippen LogP contribution in [0.2, 0.25) is 0 Å². The van der Waals surface area contributed by atoms with E-state index in [0.717, 1.165) is 10.5 Å². The van der Waals surface area contributed by atoms with Crippen LogP contribution in [0.3, 0.4) is 0 Å². The lowest BCUT2D eigenvalue weighted by atomic mass is 10.0. The second-order valence-electron chi connectivity index (χ2n) is 7.00. The SMILES string of the molecule is CN(CCCNC(=O)C(c1ccccc1)N1CCS(=O)(=O)CC1)CC(F)(F)F. The zero-order valence-corrected chi connectivity index (χ0v) is 16.6. The van der Waals surface area contributed by atoms with Gasteiger partial charge in [0.05, 0.1) is 18.1 Å². The molecule has 0 aromatic heterocycles. The molecule has 1 amide bonds. The maximum atomic E-state index is 12.8. The number of rotatable bonds is 8. The summed E-state index contributed by atoms with van der Waals surface area (Å²) in [4.78, 5) is 15.8. The van der Waals surface area contributed by atoms with Crippen molar-refractivity contribution in [2.24, 2.45) is 0 Å². The average Bonchev–Trinajstić information content (AvgIpc) is 2.60. The first-order chi connectivity index (χ1) is 13.1. The third kappa shape index (κ3) is 7.40. The quantitative estimate of drug-likeness (QED) is 0.644. The van der Waals surface area contributed by atoms with Crippen molar-refractivity contribution in [2.75, 3.05) is 51.3 Å². The van der Waals surface area contributed by atoms with Crippen molar-refractivity contribution in [2.45, 2.75) is 18.6 Å². The Morgan fingerprint density at radius 2 is 1.82 bits per heavy atom. The Morgan fingerprint density at radius 3 is 2.39 bits per heavy atom. The number of nitrogens with zero attached hydrogens (tertiary/aromatic N) is 2. The van der Waals surface area contributed by atoms with E-state index in [2.05, 4.69) is 5.32 Å². The van der Waals surface area contributed by atoms with E-state index >= 15 is 0 Å². The molecule has 1 saturated heterocycles. The fraction of sp³-hybridized carbons (Fsp3) is 0.611. The molecule has 1 aromatic rings. The molecule has 1 aliphatic rings. The van der Waals surface area contributed by atoms with E-state index in [9.17, 15) is 26.4 Å². The number of carbonyl (C=O) groups excluding carboxylic acids is 1. The lowest BCUT2D eigenvalue weighted by molar-refractivity contribution is -0.143. The van der Waals surface area contributed by atoms with Crippen molar-refractivity contribution >= 4 is 15.7 Å². The molecule has 0 aliphatic carbocycles. The molecule has 1 N–H and O–H groups in total. The molecule has 1 aromatic carbocycles. The molecule has 0 bridgehead atoms. The predicted molar refractivity (Wildman–Crippen MR) is 101 cm³/mol. The molecular formula is C18H26F3N3O3S. The number of amides is 1. The van der Waals surface area contributed by atoms with Crippen LogP contribution in [0.25, 0.3) is 0 Å². The predicted octanol–water partition coefficient (Wildman–Crippen LogP) is 1.46. The van der Waals surface area contributed by atoms with Crippen molar-refractivity contribution in [1.29, 1.82) is 0 Å².